The van der Waals surface area contributed by atoms with Gasteiger partial charge in [-0.15, -0.1) is 0 Å². The van der Waals surface area contributed by atoms with Crippen molar-refractivity contribution in [1.82, 2.24) is 14.9 Å². The highest BCUT2D eigenvalue weighted by Crippen LogP contribution is 2.11. The molecule has 0 radical (unpaired) electrons. The molecule has 1 fully saturated rings. The Morgan fingerprint density at radius 3 is 2.70 bits per heavy atom. The van der Waals surface area contributed by atoms with E-state index in [1.54, 1.807) is 13.0 Å². The summed E-state index contributed by atoms with van der Waals surface area (Å²) in [5, 5.41) is 3.14. The van der Waals surface area contributed by atoms with Crippen LogP contribution >= 0.6 is 0 Å². The molecule has 1 aromatic rings. The van der Waals surface area contributed by atoms with Crippen LogP contribution in [0.3, 0.4) is 0 Å². The van der Waals surface area contributed by atoms with Gasteiger partial charge >= 0.3 is 0 Å². The van der Waals surface area contributed by atoms with Crippen molar-refractivity contribution in [2.45, 2.75) is 32.6 Å². The predicted molar refractivity (Wildman–Crippen MR) is 78.1 cm³/mol. The smallest absolute Gasteiger partial charge is 0.224 e. The van der Waals surface area contributed by atoms with Crippen LogP contribution in [0, 0.1) is 6.92 Å². The molecule has 2 heterocycles. The number of carbonyl (C=O) groups excluding carboxylic acids is 1. The molecule has 0 saturated carbocycles. The van der Waals surface area contributed by atoms with Crippen LogP contribution < -0.4 is 16.6 Å². The number of likely N-dealkylation sites (tertiary alicyclic amines) is 1. The first-order valence-corrected chi connectivity index (χ1v) is 7.03. The number of nitrogens with one attached hydrogen (secondary N) is 2. The van der Waals surface area contributed by atoms with Gasteiger partial charge in [0.05, 0.1) is 0 Å². The van der Waals surface area contributed by atoms with E-state index in [9.17, 15) is 4.79 Å². The van der Waals surface area contributed by atoms with Crippen LogP contribution in [0.5, 0.6) is 0 Å². The Hall–Kier alpha value is -1.89. The molecule has 1 aliphatic heterocycles. The van der Waals surface area contributed by atoms with Gasteiger partial charge in [0.2, 0.25) is 5.91 Å². The van der Waals surface area contributed by atoms with Gasteiger partial charge in [-0.3, -0.25) is 4.79 Å². The average molecular weight is 278 g/mol. The molecular formula is C13H22N6O. The number of hydrogen-bond acceptors (Lipinski definition) is 6. The van der Waals surface area contributed by atoms with E-state index in [4.69, 9.17) is 5.84 Å². The largest absolute Gasteiger partial charge is 0.369 e. The molecule has 1 aliphatic rings. The maximum atomic E-state index is 12.0. The minimum atomic E-state index is 0.208. The number of nitrogen functional groups attached to an aromatic ring is 1. The quantitative estimate of drug-likeness (QED) is 0.546. The van der Waals surface area contributed by atoms with E-state index < -0.39 is 0 Å². The van der Waals surface area contributed by atoms with Crippen LogP contribution in [0.2, 0.25) is 0 Å². The molecule has 0 unspecified atom stereocenters. The third-order valence-electron chi connectivity index (χ3n) is 3.34. The second-order valence-electron chi connectivity index (χ2n) is 4.95. The van der Waals surface area contributed by atoms with Crippen LogP contribution in [0.1, 0.15) is 31.5 Å². The zero-order valence-electron chi connectivity index (χ0n) is 11.9. The lowest BCUT2D eigenvalue weighted by atomic mass is 10.1. The summed E-state index contributed by atoms with van der Waals surface area (Å²) >= 11 is 0. The summed E-state index contributed by atoms with van der Waals surface area (Å²) in [4.78, 5) is 22.3. The molecule has 0 aliphatic carbocycles. The fourth-order valence-electron chi connectivity index (χ4n) is 2.33. The van der Waals surface area contributed by atoms with Crippen molar-refractivity contribution in [2.24, 2.45) is 5.84 Å². The third-order valence-corrected chi connectivity index (χ3v) is 3.34. The molecule has 2 rings (SSSR count). The summed E-state index contributed by atoms with van der Waals surface area (Å²) in [6.45, 7) is 4.15. The van der Waals surface area contributed by atoms with Crippen LogP contribution in [0.25, 0.3) is 0 Å². The maximum absolute atomic E-state index is 12.0. The summed E-state index contributed by atoms with van der Waals surface area (Å²) < 4.78 is 0. The van der Waals surface area contributed by atoms with Crippen molar-refractivity contribution < 1.29 is 4.79 Å². The Kier molecular flexibility index (Phi) is 5.11. The predicted octanol–water partition coefficient (Wildman–Crippen LogP) is 0.885. The zero-order chi connectivity index (χ0) is 14.4. The van der Waals surface area contributed by atoms with E-state index in [1.807, 2.05) is 4.90 Å². The number of nitrogens with zero attached hydrogens (tertiary/aromatic N) is 3. The van der Waals surface area contributed by atoms with Crippen LogP contribution in [0.15, 0.2) is 6.07 Å². The second kappa shape index (κ2) is 7.04. The third kappa shape index (κ3) is 4.06. The van der Waals surface area contributed by atoms with Gasteiger partial charge in [0, 0.05) is 32.1 Å². The van der Waals surface area contributed by atoms with E-state index in [0.717, 1.165) is 25.9 Å². The lowest BCUT2D eigenvalue weighted by molar-refractivity contribution is -0.131. The molecule has 0 atom stereocenters. The number of aryl methyl sites for hydroxylation is 1. The van der Waals surface area contributed by atoms with Crippen molar-refractivity contribution in [3.05, 3.63) is 11.9 Å². The summed E-state index contributed by atoms with van der Waals surface area (Å²) in [6.07, 6.45) is 3.96. The first kappa shape index (κ1) is 14.5. The van der Waals surface area contributed by atoms with Gasteiger partial charge in [0.25, 0.3) is 0 Å². The number of hydrazine groups is 1. The number of hydrogen-bond donors (Lipinski definition) is 3. The Bertz CT molecular complexity index is 458. The number of nitrogens with two attached hydrogens (primary N) is 1. The molecule has 0 spiro atoms. The molecular weight excluding hydrogens is 256 g/mol. The average Bonchev–Trinajstić information content (AvgIpc) is 2.47. The number of rotatable bonds is 5. The van der Waals surface area contributed by atoms with Crippen LogP contribution in [-0.2, 0) is 4.79 Å². The first-order chi connectivity index (χ1) is 9.69. The first-order valence-electron chi connectivity index (χ1n) is 7.03. The summed E-state index contributed by atoms with van der Waals surface area (Å²) in [5.74, 6) is 7.41. The number of aromatic nitrogens is 2. The molecule has 7 heteroatoms. The molecule has 4 N–H and O–H groups in total. The van der Waals surface area contributed by atoms with Crippen molar-refractivity contribution in [2.75, 3.05) is 30.4 Å². The Morgan fingerprint density at radius 1 is 1.30 bits per heavy atom. The minimum Gasteiger partial charge on any atom is -0.369 e. The van der Waals surface area contributed by atoms with E-state index >= 15 is 0 Å². The van der Waals surface area contributed by atoms with Gasteiger partial charge in [-0.25, -0.2) is 15.8 Å². The second-order valence-corrected chi connectivity index (χ2v) is 4.95. The maximum Gasteiger partial charge on any atom is 0.224 e. The molecule has 1 amide bonds. The van der Waals surface area contributed by atoms with E-state index in [0.29, 0.717) is 30.4 Å². The SMILES string of the molecule is Cc1nc(NN)cc(NCCC(=O)N2CCCCC2)n1. The van der Waals surface area contributed by atoms with Gasteiger partial charge in [-0.05, 0) is 26.2 Å². The van der Waals surface area contributed by atoms with E-state index in [2.05, 4.69) is 20.7 Å². The fraction of sp³-hybridized carbons (Fsp3) is 0.615. The molecule has 1 saturated heterocycles. The number of amides is 1. The van der Waals surface area contributed by atoms with Gasteiger partial charge in [-0.1, -0.05) is 0 Å². The highest BCUT2D eigenvalue weighted by Gasteiger charge is 2.15. The van der Waals surface area contributed by atoms with Crippen LogP contribution in [0.4, 0.5) is 11.6 Å². The Labute approximate surface area is 118 Å². The monoisotopic (exact) mass is 278 g/mol. The number of carbonyl (C=O) groups is 1. The molecule has 110 valence electrons. The Balaban J connectivity index is 1.80. The highest BCUT2D eigenvalue weighted by atomic mass is 16.2. The van der Waals surface area contributed by atoms with Gasteiger partial charge < -0.3 is 15.6 Å². The van der Waals surface area contributed by atoms with Crippen molar-refractivity contribution >= 4 is 17.5 Å². The normalized spacial score (nSPS) is 15.0. The molecule has 0 bridgehead atoms. The molecule has 1 aromatic heterocycles. The van der Waals surface area contributed by atoms with Crippen molar-refractivity contribution in [3.63, 3.8) is 0 Å². The standard InChI is InChI=1S/C13H22N6O/c1-10-16-11(9-12(17-10)18-14)15-6-5-13(20)19-7-3-2-4-8-19/h9H,2-8,14H2,1H3,(H2,15,16,17,18). The molecule has 0 aromatic carbocycles. The van der Waals surface area contributed by atoms with E-state index in [1.165, 1.54) is 6.42 Å². The lowest BCUT2D eigenvalue weighted by Crippen LogP contribution is -2.36. The summed E-state index contributed by atoms with van der Waals surface area (Å²) in [5.41, 5.74) is 2.49. The molecule has 7 nitrogen and oxygen atoms in total. The van der Waals surface area contributed by atoms with Crippen molar-refractivity contribution in [1.29, 1.82) is 0 Å². The topological polar surface area (TPSA) is 96.2 Å². The number of piperidine rings is 1. The highest BCUT2D eigenvalue weighted by molar-refractivity contribution is 5.76. The lowest BCUT2D eigenvalue weighted by Gasteiger charge is -2.26. The molecule has 20 heavy (non-hydrogen) atoms. The summed E-state index contributed by atoms with van der Waals surface area (Å²) in [6, 6.07) is 1.72. The Morgan fingerprint density at radius 2 is 2.00 bits per heavy atom. The minimum absolute atomic E-state index is 0.208. The zero-order valence-corrected chi connectivity index (χ0v) is 11.9. The van der Waals surface area contributed by atoms with E-state index in [-0.39, 0.29) is 5.91 Å². The van der Waals surface area contributed by atoms with Crippen molar-refractivity contribution in [3.8, 4) is 0 Å². The van der Waals surface area contributed by atoms with Gasteiger partial charge in [0.1, 0.15) is 17.5 Å². The summed E-state index contributed by atoms with van der Waals surface area (Å²) in [7, 11) is 0. The van der Waals surface area contributed by atoms with Crippen LogP contribution in [-0.4, -0.2) is 40.4 Å². The van der Waals surface area contributed by atoms with Gasteiger partial charge in [-0.2, -0.15) is 0 Å². The fourth-order valence-corrected chi connectivity index (χ4v) is 2.33. The number of anilines is 2. The van der Waals surface area contributed by atoms with Gasteiger partial charge in [0.15, 0.2) is 0 Å².